The fraction of sp³-hybridized carbons (Fsp3) is 0.524. The van der Waals surface area contributed by atoms with Crippen molar-refractivity contribution in [3.8, 4) is 11.4 Å². The molecule has 2 aromatic heterocycles. The summed E-state index contributed by atoms with van der Waals surface area (Å²) in [5.74, 6) is 0.482. The summed E-state index contributed by atoms with van der Waals surface area (Å²) in [4.78, 5) is 27.9. The van der Waals surface area contributed by atoms with Crippen LogP contribution in [-0.2, 0) is 4.74 Å². The molecule has 1 aliphatic carbocycles. The van der Waals surface area contributed by atoms with Crippen LogP contribution >= 0.6 is 0 Å². The maximum Gasteiger partial charge on any atom is 0.254 e. The van der Waals surface area contributed by atoms with Crippen LogP contribution in [0.25, 0.3) is 11.4 Å². The van der Waals surface area contributed by atoms with E-state index in [1.807, 2.05) is 12.1 Å². The molecule has 7 heteroatoms. The summed E-state index contributed by atoms with van der Waals surface area (Å²) < 4.78 is 5.53. The number of amides is 1. The Morgan fingerprint density at radius 1 is 1.07 bits per heavy atom. The molecule has 1 saturated carbocycles. The van der Waals surface area contributed by atoms with Crippen LogP contribution in [-0.4, -0.2) is 64.1 Å². The molecule has 2 fully saturated rings. The zero-order chi connectivity index (χ0) is 19.2. The van der Waals surface area contributed by atoms with Crippen LogP contribution in [0.15, 0.2) is 36.9 Å². The fourth-order valence-corrected chi connectivity index (χ4v) is 4.29. The first-order valence-electron chi connectivity index (χ1n) is 10.1. The Morgan fingerprint density at radius 3 is 2.43 bits per heavy atom. The molecule has 3 heterocycles. The molecule has 1 saturated heterocycles. The predicted molar refractivity (Wildman–Crippen MR) is 106 cm³/mol. The normalized spacial score (nSPS) is 19.9. The smallest absolute Gasteiger partial charge is 0.254 e. The van der Waals surface area contributed by atoms with Gasteiger partial charge in [-0.15, -0.1) is 0 Å². The van der Waals surface area contributed by atoms with E-state index in [4.69, 9.17) is 4.74 Å². The molecule has 1 aliphatic heterocycles. The van der Waals surface area contributed by atoms with Gasteiger partial charge in [-0.05, 0) is 25.0 Å². The molecular formula is C21H27N5O2. The summed E-state index contributed by atoms with van der Waals surface area (Å²) in [7, 11) is 0. The van der Waals surface area contributed by atoms with Crippen LogP contribution in [0.5, 0.6) is 0 Å². The van der Waals surface area contributed by atoms with Crippen LogP contribution < -0.4 is 5.32 Å². The largest absolute Gasteiger partial charge is 0.379 e. The zero-order valence-corrected chi connectivity index (χ0v) is 16.1. The molecule has 1 N–H and O–H groups in total. The molecule has 0 aromatic carbocycles. The van der Waals surface area contributed by atoms with Gasteiger partial charge in [-0.2, -0.15) is 0 Å². The Bertz CT molecular complexity index is 769. The van der Waals surface area contributed by atoms with Gasteiger partial charge in [0.25, 0.3) is 5.91 Å². The highest BCUT2D eigenvalue weighted by atomic mass is 16.5. The minimum atomic E-state index is -0.112. The summed E-state index contributed by atoms with van der Waals surface area (Å²) in [5.41, 5.74) is 1.43. The lowest BCUT2D eigenvalue weighted by Crippen LogP contribution is -2.59. The van der Waals surface area contributed by atoms with Crippen LogP contribution in [0.2, 0.25) is 0 Å². The molecular weight excluding hydrogens is 354 g/mol. The third kappa shape index (κ3) is 4.20. The number of ether oxygens (including phenoxy) is 1. The third-order valence-corrected chi connectivity index (χ3v) is 5.90. The lowest BCUT2D eigenvalue weighted by molar-refractivity contribution is -0.0361. The third-order valence-electron chi connectivity index (χ3n) is 5.90. The van der Waals surface area contributed by atoms with Gasteiger partial charge in [-0.1, -0.05) is 19.3 Å². The van der Waals surface area contributed by atoms with Crippen LogP contribution in [0, 0.1) is 0 Å². The predicted octanol–water partition coefficient (Wildman–Crippen LogP) is 2.30. The number of nitrogens with one attached hydrogen (secondary N) is 1. The standard InChI is InChI=1S/C21H27N5O2/c27-20(18-14-23-19(24-15-18)17-4-8-22-9-5-17)25-16-21(6-2-1-3-7-21)26-10-12-28-13-11-26/h4-5,8-9,14-15H,1-3,6-7,10-13,16H2,(H,25,27). The number of nitrogens with zero attached hydrogens (tertiary/aromatic N) is 4. The van der Waals surface area contributed by atoms with Gasteiger partial charge in [0, 0.05) is 55.5 Å². The second-order valence-corrected chi connectivity index (χ2v) is 7.60. The van der Waals surface area contributed by atoms with Crippen LogP contribution in [0.1, 0.15) is 42.5 Å². The molecule has 0 bridgehead atoms. The minimum Gasteiger partial charge on any atom is -0.379 e. The number of morpholine rings is 1. The molecule has 0 radical (unpaired) electrons. The van der Waals surface area contributed by atoms with Crippen molar-refractivity contribution in [1.29, 1.82) is 0 Å². The van der Waals surface area contributed by atoms with Crippen LogP contribution in [0.4, 0.5) is 0 Å². The monoisotopic (exact) mass is 381 g/mol. The first-order chi connectivity index (χ1) is 13.8. The van der Waals surface area contributed by atoms with Gasteiger partial charge < -0.3 is 10.1 Å². The van der Waals surface area contributed by atoms with Gasteiger partial charge in [0.05, 0.1) is 18.8 Å². The van der Waals surface area contributed by atoms with Crippen molar-refractivity contribution < 1.29 is 9.53 Å². The fourth-order valence-electron chi connectivity index (χ4n) is 4.29. The quantitative estimate of drug-likeness (QED) is 0.856. The van der Waals surface area contributed by atoms with Crippen molar-refractivity contribution in [3.63, 3.8) is 0 Å². The Balaban J connectivity index is 1.42. The highest BCUT2D eigenvalue weighted by molar-refractivity contribution is 5.93. The molecule has 2 aliphatic rings. The molecule has 0 spiro atoms. The summed E-state index contributed by atoms with van der Waals surface area (Å²) >= 11 is 0. The van der Waals surface area contributed by atoms with Gasteiger partial charge in [0.1, 0.15) is 0 Å². The second-order valence-electron chi connectivity index (χ2n) is 7.60. The molecule has 0 unspecified atom stereocenters. The first-order valence-corrected chi connectivity index (χ1v) is 10.1. The summed E-state index contributed by atoms with van der Waals surface area (Å²) in [5, 5.41) is 3.15. The zero-order valence-electron chi connectivity index (χ0n) is 16.1. The number of carbonyl (C=O) groups is 1. The SMILES string of the molecule is O=C(NCC1(N2CCOCC2)CCCCC1)c1cnc(-c2ccncc2)nc1. The van der Waals surface area contributed by atoms with Crippen molar-refractivity contribution in [3.05, 3.63) is 42.5 Å². The van der Waals surface area contributed by atoms with E-state index in [2.05, 4.69) is 25.2 Å². The molecule has 2 aromatic rings. The molecule has 7 nitrogen and oxygen atoms in total. The summed E-state index contributed by atoms with van der Waals surface area (Å²) in [6.45, 7) is 4.11. The average Bonchev–Trinajstić information content (AvgIpc) is 2.79. The van der Waals surface area contributed by atoms with E-state index in [-0.39, 0.29) is 11.4 Å². The van der Waals surface area contributed by atoms with Gasteiger partial charge in [-0.3, -0.25) is 14.7 Å². The van der Waals surface area contributed by atoms with Crippen molar-refractivity contribution in [1.82, 2.24) is 25.2 Å². The van der Waals surface area contributed by atoms with E-state index in [0.29, 0.717) is 17.9 Å². The Kier molecular flexibility index (Phi) is 5.92. The molecule has 28 heavy (non-hydrogen) atoms. The van der Waals surface area contributed by atoms with Crippen molar-refractivity contribution >= 4 is 5.91 Å². The average molecular weight is 381 g/mol. The van der Waals surface area contributed by atoms with E-state index in [9.17, 15) is 4.79 Å². The summed E-state index contributed by atoms with van der Waals surface area (Å²) in [6, 6.07) is 3.70. The maximum absolute atomic E-state index is 12.7. The van der Waals surface area contributed by atoms with E-state index in [1.54, 1.807) is 24.8 Å². The molecule has 148 valence electrons. The minimum absolute atomic E-state index is 0.0511. The number of rotatable bonds is 5. The van der Waals surface area contributed by atoms with Gasteiger partial charge >= 0.3 is 0 Å². The Hall–Kier alpha value is -2.38. The van der Waals surface area contributed by atoms with Crippen LogP contribution in [0.3, 0.4) is 0 Å². The van der Waals surface area contributed by atoms with Gasteiger partial charge in [0.2, 0.25) is 0 Å². The molecule has 1 amide bonds. The van der Waals surface area contributed by atoms with E-state index in [0.717, 1.165) is 44.7 Å². The van der Waals surface area contributed by atoms with Gasteiger partial charge in [-0.25, -0.2) is 9.97 Å². The highest BCUT2D eigenvalue weighted by Crippen LogP contribution is 2.34. The number of pyridine rings is 1. The highest BCUT2D eigenvalue weighted by Gasteiger charge is 2.38. The van der Waals surface area contributed by atoms with Crippen molar-refractivity contribution in [2.45, 2.75) is 37.6 Å². The van der Waals surface area contributed by atoms with Gasteiger partial charge in [0.15, 0.2) is 5.82 Å². The lowest BCUT2D eigenvalue weighted by Gasteiger charge is -2.48. The topological polar surface area (TPSA) is 80.2 Å². The van der Waals surface area contributed by atoms with Crippen molar-refractivity contribution in [2.75, 3.05) is 32.8 Å². The second kappa shape index (κ2) is 8.75. The van der Waals surface area contributed by atoms with E-state index < -0.39 is 0 Å². The summed E-state index contributed by atoms with van der Waals surface area (Å²) in [6.07, 6.45) is 12.6. The van der Waals surface area contributed by atoms with Crippen molar-refractivity contribution in [2.24, 2.45) is 0 Å². The maximum atomic E-state index is 12.7. The number of carbonyl (C=O) groups excluding carboxylic acids is 1. The Labute approximate surface area is 165 Å². The van der Waals surface area contributed by atoms with E-state index >= 15 is 0 Å². The number of aromatic nitrogens is 3. The molecule has 4 rings (SSSR count). The number of hydrogen-bond donors (Lipinski definition) is 1. The first kappa shape index (κ1) is 19.0. The Morgan fingerprint density at radius 2 is 1.75 bits per heavy atom. The molecule has 0 atom stereocenters. The number of hydrogen-bond acceptors (Lipinski definition) is 6. The lowest BCUT2D eigenvalue weighted by atomic mass is 9.79. The van der Waals surface area contributed by atoms with E-state index in [1.165, 1.54) is 19.3 Å².